The van der Waals surface area contributed by atoms with E-state index in [0.29, 0.717) is 22.8 Å². The highest BCUT2D eigenvalue weighted by molar-refractivity contribution is 5.58. The zero-order valence-corrected chi connectivity index (χ0v) is 14.0. The van der Waals surface area contributed by atoms with Gasteiger partial charge in [-0.2, -0.15) is 5.26 Å². The molecule has 2 aromatic rings. The third-order valence-electron chi connectivity index (χ3n) is 4.03. The van der Waals surface area contributed by atoms with Gasteiger partial charge in [-0.15, -0.1) is 6.42 Å². The lowest BCUT2D eigenvalue weighted by Crippen LogP contribution is -2.21. The molecule has 26 heavy (non-hydrogen) atoms. The lowest BCUT2D eigenvalue weighted by molar-refractivity contribution is 0.330. The van der Waals surface area contributed by atoms with Gasteiger partial charge in [0, 0.05) is 11.6 Å². The third kappa shape index (κ3) is 2.97. The van der Waals surface area contributed by atoms with Crippen LogP contribution in [-0.2, 0) is 0 Å². The summed E-state index contributed by atoms with van der Waals surface area (Å²) in [6.07, 6.45) is 5.23. The van der Waals surface area contributed by atoms with E-state index in [-0.39, 0.29) is 23.8 Å². The number of methoxy groups -OCH3 is 1. The molecule has 6 nitrogen and oxygen atoms in total. The Labute approximate surface area is 151 Å². The zero-order valence-electron chi connectivity index (χ0n) is 14.0. The maximum atomic E-state index is 9.70. The maximum absolute atomic E-state index is 9.70. The molecule has 1 aliphatic rings. The van der Waals surface area contributed by atoms with Crippen LogP contribution in [0.4, 0.5) is 0 Å². The van der Waals surface area contributed by atoms with Crippen LogP contribution in [-0.4, -0.2) is 18.8 Å². The standard InChI is InChI=1S/C20H16N2O4/c1-3-8-25-16-7-4-12(9-18(16)24-2)19-14-6-5-13(23)10-17(14)26-20(22)15(19)11-21/h1,4-7,9-10,19,23H,8,22H2,2H3/t19-/m1/s1. The Balaban J connectivity index is 2.13. The van der Waals surface area contributed by atoms with Crippen LogP contribution in [0.3, 0.4) is 0 Å². The van der Waals surface area contributed by atoms with E-state index in [9.17, 15) is 10.4 Å². The molecule has 130 valence electrons. The molecule has 1 heterocycles. The predicted molar refractivity (Wildman–Crippen MR) is 94.7 cm³/mol. The Hall–Kier alpha value is -3.77. The number of phenols is 1. The van der Waals surface area contributed by atoms with Gasteiger partial charge in [-0.05, 0) is 23.8 Å². The average molecular weight is 348 g/mol. The largest absolute Gasteiger partial charge is 0.508 e. The van der Waals surface area contributed by atoms with E-state index < -0.39 is 5.92 Å². The summed E-state index contributed by atoms with van der Waals surface area (Å²) in [4.78, 5) is 0. The van der Waals surface area contributed by atoms with Crippen molar-refractivity contribution >= 4 is 0 Å². The van der Waals surface area contributed by atoms with Crippen molar-refractivity contribution in [2.24, 2.45) is 5.73 Å². The second-order valence-corrected chi connectivity index (χ2v) is 5.55. The van der Waals surface area contributed by atoms with Crippen LogP contribution < -0.4 is 19.9 Å². The van der Waals surface area contributed by atoms with E-state index >= 15 is 0 Å². The molecule has 0 radical (unpaired) electrons. The lowest BCUT2D eigenvalue weighted by Gasteiger charge is -2.27. The van der Waals surface area contributed by atoms with E-state index in [4.69, 9.17) is 26.4 Å². The molecule has 0 spiro atoms. The summed E-state index contributed by atoms with van der Waals surface area (Å²) < 4.78 is 16.3. The van der Waals surface area contributed by atoms with Gasteiger partial charge in [0.1, 0.15) is 29.7 Å². The molecule has 3 rings (SSSR count). The third-order valence-corrected chi connectivity index (χ3v) is 4.03. The van der Waals surface area contributed by atoms with Gasteiger partial charge in [-0.25, -0.2) is 0 Å². The van der Waals surface area contributed by atoms with Gasteiger partial charge in [0.15, 0.2) is 11.5 Å². The predicted octanol–water partition coefficient (Wildman–Crippen LogP) is 2.63. The summed E-state index contributed by atoms with van der Waals surface area (Å²) in [7, 11) is 1.52. The Kier molecular flexibility index (Phi) is 4.59. The topological polar surface area (TPSA) is 97.7 Å². The van der Waals surface area contributed by atoms with Gasteiger partial charge in [-0.1, -0.05) is 18.1 Å². The van der Waals surface area contributed by atoms with E-state index in [1.54, 1.807) is 18.2 Å². The average Bonchev–Trinajstić information content (AvgIpc) is 2.65. The molecule has 2 aromatic carbocycles. The smallest absolute Gasteiger partial charge is 0.205 e. The summed E-state index contributed by atoms with van der Waals surface area (Å²) in [6.45, 7) is 0.116. The van der Waals surface area contributed by atoms with E-state index in [0.717, 1.165) is 5.56 Å². The van der Waals surface area contributed by atoms with Crippen LogP contribution in [0.2, 0.25) is 0 Å². The highest BCUT2D eigenvalue weighted by atomic mass is 16.5. The minimum Gasteiger partial charge on any atom is -0.508 e. The number of ether oxygens (including phenoxy) is 3. The number of hydrogen-bond donors (Lipinski definition) is 2. The first-order valence-electron chi connectivity index (χ1n) is 7.73. The first kappa shape index (κ1) is 17.1. The minimum absolute atomic E-state index is 0.00206. The molecule has 0 aliphatic carbocycles. The van der Waals surface area contributed by atoms with Crippen LogP contribution in [0.5, 0.6) is 23.0 Å². The number of nitrogens with zero attached hydrogens (tertiary/aromatic N) is 1. The summed E-state index contributed by atoms with van der Waals surface area (Å²) in [5.74, 6) is 3.38. The van der Waals surface area contributed by atoms with Gasteiger partial charge in [0.2, 0.25) is 5.88 Å². The molecular formula is C20H16N2O4. The normalized spacial score (nSPS) is 15.3. The number of rotatable bonds is 4. The fourth-order valence-corrected chi connectivity index (χ4v) is 2.89. The molecule has 0 fully saturated rings. The molecule has 0 unspecified atom stereocenters. The first-order valence-corrected chi connectivity index (χ1v) is 7.73. The number of nitrogens with two attached hydrogens (primary N) is 1. The summed E-state index contributed by atoms with van der Waals surface area (Å²) >= 11 is 0. The van der Waals surface area contributed by atoms with E-state index in [1.165, 1.54) is 19.2 Å². The quantitative estimate of drug-likeness (QED) is 0.824. The molecule has 0 aromatic heterocycles. The van der Waals surface area contributed by atoms with Crippen molar-refractivity contribution in [1.29, 1.82) is 5.26 Å². The van der Waals surface area contributed by atoms with Crippen molar-refractivity contribution in [2.45, 2.75) is 5.92 Å². The van der Waals surface area contributed by atoms with Crippen LogP contribution in [0.1, 0.15) is 17.0 Å². The second kappa shape index (κ2) is 7.00. The fraction of sp³-hybridized carbons (Fsp3) is 0.150. The van der Waals surface area contributed by atoms with Gasteiger partial charge < -0.3 is 25.1 Å². The number of fused-ring (bicyclic) bond motifs is 1. The fourth-order valence-electron chi connectivity index (χ4n) is 2.89. The molecular weight excluding hydrogens is 332 g/mol. The van der Waals surface area contributed by atoms with Crippen molar-refractivity contribution in [3.05, 3.63) is 59.0 Å². The highest BCUT2D eigenvalue weighted by Crippen LogP contribution is 2.44. The lowest BCUT2D eigenvalue weighted by atomic mass is 9.83. The number of terminal acetylenes is 1. The number of benzene rings is 2. The maximum Gasteiger partial charge on any atom is 0.205 e. The van der Waals surface area contributed by atoms with Crippen molar-refractivity contribution in [2.75, 3.05) is 13.7 Å². The molecule has 6 heteroatoms. The molecule has 0 bridgehead atoms. The van der Waals surface area contributed by atoms with Gasteiger partial charge in [0.05, 0.1) is 13.0 Å². The Morgan fingerprint density at radius 2 is 2.08 bits per heavy atom. The summed E-state index contributed by atoms with van der Waals surface area (Å²) in [5, 5.41) is 19.3. The van der Waals surface area contributed by atoms with Gasteiger partial charge >= 0.3 is 0 Å². The van der Waals surface area contributed by atoms with Crippen molar-refractivity contribution < 1.29 is 19.3 Å². The van der Waals surface area contributed by atoms with Crippen LogP contribution in [0.25, 0.3) is 0 Å². The number of hydrogen-bond acceptors (Lipinski definition) is 6. The van der Waals surface area contributed by atoms with E-state index in [1.807, 2.05) is 6.07 Å². The monoisotopic (exact) mass is 348 g/mol. The number of nitriles is 1. The Bertz CT molecular complexity index is 967. The Morgan fingerprint density at radius 3 is 2.77 bits per heavy atom. The number of aromatic hydroxyl groups is 1. The zero-order chi connectivity index (χ0) is 18.7. The highest BCUT2D eigenvalue weighted by Gasteiger charge is 2.31. The van der Waals surface area contributed by atoms with Crippen molar-refractivity contribution in [1.82, 2.24) is 0 Å². The summed E-state index contributed by atoms with van der Waals surface area (Å²) in [5.41, 5.74) is 7.69. The molecule has 3 N–H and O–H groups in total. The number of phenolic OH excluding ortho intramolecular Hbond substituents is 1. The minimum atomic E-state index is -0.458. The molecule has 0 saturated heterocycles. The van der Waals surface area contributed by atoms with Crippen molar-refractivity contribution in [3.63, 3.8) is 0 Å². The van der Waals surface area contributed by atoms with Crippen LogP contribution >= 0.6 is 0 Å². The second-order valence-electron chi connectivity index (χ2n) is 5.55. The van der Waals surface area contributed by atoms with Crippen molar-refractivity contribution in [3.8, 4) is 41.4 Å². The molecule has 1 aliphatic heterocycles. The van der Waals surface area contributed by atoms with Crippen LogP contribution in [0, 0.1) is 23.7 Å². The molecule has 0 saturated carbocycles. The Morgan fingerprint density at radius 1 is 1.27 bits per heavy atom. The molecule has 1 atom stereocenters. The first-order chi connectivity index (χ1) is 12.6. The van der Waals surface area contributed by atoms with Gasteiger partial charge in [-0.3, -0.25) is 0 Å². The molecule has 0 amide bonds. The number of allylic oxidation sites excluding steroid dienone is 1. The van der Waals surface area contributed by atoms with E-state index in [2.05, 4.69) is 12.0 Å². The SMILES string of the molecule is C#CCOc1ccc([C@H]2C(C#N)=C(N)Oc3cc(O)ccc32)cc1OC. The van der Waals surface area contributed by atoms with Crippen LogP contribution in [0.15, 0.2) is 47.9 Å². The van der Waals surface area contributed by atoms with Gasteiger partial charge in [0.25, 0.3) is 0 Å². The summed E-state index contributed by atoms with van der Waals surface area (Å²) in [6, 6.07) is 12.1.